The van der Waals surface area contributed by atoms with Crippen LogP contribution < -0.4 is 5.32 Å². The molecular formula is C19H18N4O3. The van der Waals surface area contributed by atoms with Gasteiger partial charge in [-0.1, -0.05) is 0 Å². The number of hydrogen-bond donors (Lipinski definition) is 1. The maximum atomic E-state index is 12.1. The Kier molecular flexibility index (Phi) is 5.38. The molecule has 3 aromatic rings. The van der Waals surface area contributed by atoms with E-state index >= 15 is 0 Å². The molecule has 0 aliphatic rings. The van der Waals surface area contributed by atoms with Gasteiger partial charge in [-0.3, -0.25) is 14.5 Å². The molecule has 1 aromatic carbocycles. The highest BCUT2D eigenvalue weighted by atomic mass is 16.5. The van der Waals surface area contributed by atoms with Gasteiger partial charge in [-0.05, 0) is 42.5 Å². The number of amides is 1. The largest absolute Gasteiger partial charge is 0.465 e. The van der Waals surface area contributed by atoms with Crippen molar-refractivity contribution in [1.82, 2.24) is 20.1 Å². The number of ether oxygens (including phenoxy) is 1. The van der Waals surface area contributed by atoms with E-state index in [-0.39, 0.29) is 5.91 Å². The molecule has 0 aliphatic carbocycles. The molecule has 0 atom stereocenters. The van der Waals surface area contributed by atoms with Gasteiger partial charge >= 0.3 is 5.97 Å². The molecule has 26 heavy (non-hydrogen) atoms. The standard InChI is InChI=1S/C19H18N4O3/c1-26-19(25)16-4-2-15(3-5-16)18(24)21-11-13-23-12-8-17(22-23)14-6-9-20-10-7-14/h2-10,12H,11,13H2,1H3,(H,21,24). The number of hydrogen-bond acceptors (Lipinski definition) is 5. The van der Waals surface area contributed by atoms with Crippen LogP contribution in [0.5, 0.6) is 0 Å². The van der Waals surface area contributed by atoms with Crippen LogP contribution in [-0.2, 0) is 11.3 Å². The minimum Gasteiger partial charge on any atom is -0.465 e. The first-order chi connectivity index (χ1) is 12.7. The van der Waals surface area contributed by atoms with E-state index in [0.717, 1.165) is 11.3 Å². The first-order valence-electron chi connectivity index (χ1n) is 8.08. The Morgan fingerprint density at radius 2 is 1.73 bits per heavy atom. The number of methoxy groups -OCH3 is 1. The van der Waals surface area contributed by atoms with Crippen molar-refractivity contribution in [2.24, 2.45) is 0 Å². The minimum absolute atomic E-state index is 0.206. The molecule has 0 saturated carbocycles. The van der Waals surface area contributed by atoms with E-state index < -0.39 is 5.97 Å². The van der Waals surface area contributed by atoms with Crippen LogP contribution in [0.1, 0.15) is 20.7 Å². The van der Waals surface area contributed by atoms with Crippen molar-refractivity contribution in [2.45, 2.75) is 6.54 Å². The summed E-state index contributed by atoms with van der Waals surface area (Å²) >= 11 is 0. The Bertz CT molecular complexity index is 889. The van der Waals surface area contributed by atoms with Crippen LogP contribution in [0.2, 0.25) is 0 Å². The number of nitrogens with zero attached hydrogens (tertiary/aromatic N) is 3. The highest BCUT2D eigenvalue weighted by Crippen LogP contribution is 2.14. The first kappa shape index (κ1) is 17.3. The van der Waals surface area contributed by atoms with Crippen molar-refractivity contribution in [3.8, 4) is 11.3 Å². The lowest BCUT2D eigenvalue weighted by Gasteiger charge is -2.06. The average molecular weight is 350 g/mol. The molecule has 3 rings (SSSR count). The Labute approximate surface area is 150 Å². The van der Waals surface area contributed by atoms with Crippen molar-refractivity contribution in [1.29, 1.82) is 0 Å². The molecule has 0 bridgehead atoms. The SMILES string of the molecule is COC(=O)c1ccc(C(=O)NCCn2ccc(-c3ccncc3)n2)cc1. The Morgan fingerprint density at radius 1 is 1.04 bits per heavy atom. The van der Waals surface area contributed by atoms with E-state index in [0.29, 0.717) is 24.2 Å². The fraction of sp³-hybridized carbons (Fsp3) is 0.158. The summed E-state index contributed by atoms with van der Waals surface area (Å²) in [6.07, 6.45) is 5.31. The van der Waals surface area contributed by atoms with E-state index in [2.05, 4.69) is 20.1 Å². The molecule has 132 valence electrons. The molecular weight excluding hydrogens is 332 g/mol. The number of esters is 1. The van der Waals surface area contributed by atoms with E-state index in [4.69, 9.17) is 0 Å². The van der Waals surface area contributed by atoms with Crippen LogP contribution in [0.15, 0.2) is 61.1 Å². The van der Waals surface area contributed by atoms with Crippen LogP contribution in [0.25, 0.3) is 11.3 Å². The second kappa shape index (κ2) is 8.06. The van der Waals surface area contributed by atoms with Gasteiger partial charge in [-0.2, -0.15) is 5.10 Å². The monoisotopic (exact) mass is 350 g/mol. The van der Waals surface area contributed by atoms with Gasteiger partial charge in [0.05, 0.1) is 24.9 Å². The third-order valence-corrected chi connectivity index (χ3v) is 3.81. The molecule has 2 aromatic heterocycles. The summed E-state index contributed by atoms with van der Waals surface area (Å²) in [5.41, 5.74) is 2.74. The van der Waals surface area contributed by atoms with E-state index in [9.17, 15) is 9.59 Å². The van der Waals surface area contributed by atoms with Gasteiger partial charge in [0.1, 0.15) is 0 Å². The summed E-state index contributed by atoms with van der Waals surface area (Å²) in [6, 6.07) is 12.0. The molecule has 1 N–H and O–H groups in total. The Hall–Kier alpha value is -3.48. The lowest BCUT2D eigenvalue weighted by Crippen LogP contribution is -2.27. The van der Waals surface area contributed by atoms with Gasteiger partial charge in [0.15, 0.2) is 0 Å². The summed E-state index contributed by atoms with van der Waals surface area (Å²) < 4.78 is 6.41. The van der Waals surface area contributed by atoms with Gasteiger partial charge in [0.25, 0.3) is 5.91 Å². The quantitative estimate of drug-likeness (QED) is 0.689. The van der Waals surface area contributed by atoms with Crippen LogP contribution in [0.4, 0.5) is 0 Å². The second-order valence-electron chi connectivity index (χ2n) is 5.52. The normalized spacial score (nSPS) is 10.3. The third-order valence-electron chi connectivity index (χ3n) is 3.81. The van der Waals surface area contributed by atoms with Gasteiger partial charge in [0, 0.05) is 36.3 Å². The van der Waals surface area contributed by atoms with Crippen molar-refractivity contribution in [3.63, 3.8) is 0 Å². The fourth-order valence-corrected chi connectivity index (χ4v) is 2.42. The van der Waals surface area contributed by atoms with Crippen LogP contribution in [0.3, 0.4) is 0 Å². The minimum atomic E-state index is -0.430. The predicted molar refractivity (Wildman–Crippen MR) is 95.6 cm³/mol. The van der Waals surface area contributed by atoms with Gasteiger partial charge in [-0.25, -0.2) is 4.79 Å². The zero-order valence-electron chi connectivity index (χ0n) is 14.3. The molecule has 0 spiro atoms. The molecule has 2 heterocycles. The van der Waals surface area contributed by atoms with Crippen molar-refractivity contribution >= 4 is 11.9 Å². The van der Waals surface area contributed by atoms with Crippen molar-refractivity contribution < 1.29 is 14.3 Å². The lowest BCUT2D eigenvalue weighted by molar-refractivity contribution is 0.0600. The van der Waals surface area contributed by atoms with Crippen molar-refractivity contribution in [2.75, 3.05) is 13.7 Å². The van der Waals surface area contributed by atoms with Crippen LogP contribution >= 0.6 is 0 Å². The summed E-state index contributed by atoms with van der Waals surface area (Å²) in [4.78, 5) is 27.5. The number of carbonyl (C=O) groups excluding carboxylic acids is 2. The molecule has 0 radical (unpaired) electrons. The van der Waals surface area contributed by atoms with E-state index in [1.54, 1.807) is 41.3 Å². The lowest BCUT2D eigenvalue weighted by atomic mass is 10.1. The number of pyridine rings is 1. The Morgan fingerprint density at radius 3 is 2.42 bits per heavy atom. The van der Waals surface area contributed by atoms with E-state index in [1.165, 1.54) is 7.11 Å². The smallest absolute Gasteiger partial charge is 0.337 e. The van der Waals surface area contributed by atoms with Crippen LogP contribution in [0, 0.1) is 0 Å². The maximum Gasteiger partial charge on any atom is 0.337 e. The van der Waals surface area contributed by atoms with Gasteiger partial charge in [-0.15, -0.1) is 0 Å². The average Bonchev–Trinajstić information content (AvgIpc) is 3.17. The number of nitrogens with one attached hydrogen (secondary N) is 1. The Balaban J connectivity index is 1.52. The summed E-state index contributed by atoms with van der Waals surface area (Å²) in [5, 5.41) is 7.31. The molecule has 0 aliphatic heterocycles. The third kappa shape index (κ3) is 4.13. The van der Waals surface area contributed by atoms with Crippen molar-refractivity contribution in [3.05, 3.63) is 72.2 Å². The maximum absolute atomic E-state index is 12.1. The van der Waals surface area contributed by atoms with Crippen LogP contribution in [-0.4, -0.2) is 40.3 Å². The zero-order chi connectivity index (χ0) is 18.4. The van der Waals surface area contributed by atoms with E-state index in [1.807, 2.05) is 24.4 Å². The fourth-order valence-electron chi connectivity index (χ4n) is 2.42. The summed E-state index contributed by atoms with van der Waals surface area (Å²) in [5.74, 6) is -0.636. The molecule has 7 heteroatoms. The first-order valence-corrected chi connectivity index (χ1v) is 8.08. The predicted octanol–water partition coefficient (Wildman–Crippen LogP) is 2.16. The summed E-state index contributed by atoms with van der Waals surface area (Å²) in [7, 11) is 1.32. The molecule has 0 fully saturated rings. The van der Waals surface area contributed by atoms with Gasteiger partial charge < -0.3 is 10.1 Å². The molecule has 0 unspecified atom stereocenters. The highest BCUT2D eigenvalue weighted by molar-refractivity contribution is 5.96. The number of aromatic nitrogens is 3. The topological polar surface area (TPSA) is 86.1 Å². The number of rotatable bonds is 6. The van der Waals surface area contributed by atoms with Gasteiger partial charge in [0.2, 0.25) is 0 Å². The highest BCUT2D eigenvalue weighted by Gasteiger charge is 2.09. The molecule has 0 saturated heterocycles. The number of benzene rings is 1. The second-order valence-corrected chi connectivity index (χ2v) is 5.52. The summed E-state index contributed by atoms with van der Waals surface area (Å²) in [6.45, 7) is 0.992. The molecule has 7 nitrogen and oxygen atoms in total. The zero-order valence-corrected chi connectivity index (χ0v) is 14.3. The molecule has 1 amide bonds. The number of carbonyl (C=O) groups is 2.